The van der Waals surface area contributed by atoms with Crippen LogP contribution in [0.2, 0.25) is 0 Å². The molecule has 2 amide bonds. The third-order valence-electron chi connectivity index (χ3n) is 6.82. The van der Waals surface area contributed by atoms with E-state index in [1.165, 1.54) is 19.3 Å². The number of fused-ring (bicyclic) bond motifs is 1. The Morgan fingerprint density at radius 2 is 1.93 bits per heavy atom. The fourth-order valence-corrected chi connectivity index (χ4v) is 4.76. The monoisotopic (exact) mass is 417 g/mol. The zero-order chi connectivity index (χ0) is 19.7. The van der Waals surface area contributed by atoms with Gasteiger partial charge in [-0.2, -0.15) is 0 Å². The number of carbonyl (C=O) groups is 2. The zero-order valence-corrected chi connectivity index (χ0v) is 18.0. The van der Waals surface area contributed by atoms with Gasteiger partial charge in [-0.1, -0.05) is 19.3 Å². The number of carbonyl (C=O) groups excluding carboxylic acids is 2. The molecule has 5 nitrogen and oxygen atoms in total. The van der Waals surface area contributed by atoms with E-state index in [0.29, 0.717) is 36.1 Å². The summed E-state index contributed by atoms with van der Waals surface area (Å²) in [5.74, 6) is 0.459. The molecule has 1 aromatic carbocycles. The SMILES string of the molecule is C[C@H](CC(=N)C1CCC1)N1CCc2cc(C(=O)NC3CCCC3)ccc2C1=O.Cl. The molecule has 2 fully saturated rings. The van der Waals surface area contributed by atoms with Crippen molar-refractivity contribution in [3.05, 3.63) is 34.9 Å². The van der Waals surface area contributed by atoms with E-state index in [4.69, 9.17) is 5.41 Å². The first-order chi connectivity index (χ1) is 13.5. The lowest BCUT2D eigenvalue weighted by Crippen LogP contribution is -2.45. The highest BCUT2D eigenvalue weighted by molar-refractivity contribution is 6.00. The minimum absolute atomic E-state index is 0. The Kier molecular flexibility index (Phi) is 6.99. The number of nitrogens with one attached hydrogen (secondary N) is 2. The molecule has 158 valence electrons. The second-order valence-electron chi connectivity index (χ2n) is 8.78. The van der Waals surface area contributed by atoms with E-state index in [2.05, 4.69) is 12.2 Å². The molecule has 4 rings (SSSR count). The third-order valence-corrected chi connectivity index (χ3v) is 6.82. The van der Waals surface area contributed by atoms with Crippen molar-refractivity contribution >= 4 is 29.9 Å². The molecule has 2 aliphatic carbocycles. The van der Waals surface area contributed by atoms with E-state index in [1.807, 2.05) is 17.0 Å². The van der Waals surface area contributed by atoms with Crippen LogP contribution in [0.25, 0.3) is 0 Å². The predicted molar refractivity (Wildman–Crippen MR) is 117 cm³/mol. The van der Waals surface area contributed by atoms with E-state index in [0.717, 1.165) is 43.4 Å². The standard InChI is InChI=1S/C23H31N3O2.ClH/c1-15(13-21(24)16-5-4-6-16)26-12-11-17-14-18(9-10-20(17)23(26)28)22(27)25-19-7-2-3-8-19;/h9-10,14-16,19,24H,2-8,11-13H2,1H3,(H,25,27);1H/t15-;/m1./s1. The summed E-state index contributed by atoms with van der Waals surface area (Å²) in [4.78, 5) is 27.4. The van der Waals surface area contributed by atoms with Crippen molar-refractivity contribution in [2.24, 2.45) is 5.92 Å². The van der Waals surface area contributed by atoms with Gasteiger partial charge in [0.1, 0.15) is 0 Å². The van der Waals surface area contributed by atoms with Gasteiger partial charge < -0.3 is 15.6 Å². The van der Waals surface area contributed by atoms with Gasteiger partial charge in [0.25, 0.3) is 11.8 Å². The lowest BCUT2D eigenvalue weighted by Gasteiger charge is -2.35. The molecule has 1 heterocycles. The van der Waals surface area contributed by atoms with E-state index in [1.54, 1.807) is 6.07 Å². The van der Waals surface area contributed by atoms with Crippen LogP contribution in [0.1, 0.15) is 84.6 Å². The Balaban J connectivity index is 0.00000240. The zero-order valence-electron chi connectivity index (χ0n) is 17.2. The number of halogens is 1. The normalized spacial score (nSPS) is 20.4. The van der Waals surface area contributed by atoms with Crippen molar-refractivity contribution in [3.63, 3.8) is 0 Å². The van der Waals surface area contributed by atoms with Gasteiger partial charge in [-0.25, -0.2) is 0 Å². The van der Waals surface area contributed by atoms with Gasteiger partial charge in [0, 0.05) is 41.9 Å². The first kappa shape index (κ1) is 21.8. The summed E-state index contributed by atoms with van der Waals surface area (Å²) in [5, 5.41) is 11.4. The molecule has 6 heteroatoms. The molecule has 1 atom stereocenters. The van der Waals surface area contributed by atoms with E-state index >= 15 is 0 Å². The number of amides is 2. The first-order valence-electron chi connectivity index (χ1n) is 10.8. The summed E-state index contributed by atoms with van der Waals surface area (Å²) in [6, 6.07) is 5.85. The first-order valence-corrected chi connectivity index (χ1v) is 10.8. The van der Waals surface area contributed by atoms with Gasteiger partial charge >= 0.3 is 0 Å². The number of rotatable bonds is 6. The van der Waals surface area contributed by atoms with Gasteiger partial charge in [0.05, 0.1) is 0 Å². The molecular formula is C23H32ClN3O2. The van der Waals surface area contributed by atoms with Crippen molar-refractivity contribution in [1.29, 1.82) is 5.41 Å². The van der Waals surface area contributed by atoms with Gasteiger partial charge in [-0.05, 0) is 68.7 Å². The van der Waals surface area contributed by atoms with Crippen LogP contribution in [-0.2, 0) is 6.42 Å². The van der Waals surface area contributed by atoms with Gasteiger partial charge in [0.15, 0.2) is 0 Å². The molecule has 0 aromatic heterocycles. The largest absolute Gasteiger partial charge is 0.349 e. The maximum Gasteiger partial charge on any atom is 0.254 e. The van der Waals surface area contributed by atoms with Crippen LogP contribution in [0.5, 0.6) is 0 Å². The van der Waals surface area contributed by atoms with Crippen molar-refractivity contribution in [2.75, 3.05) is 6.54 Å². The molecule has 0 bridgehead atoms. The molecule has 2 N–H and O–H groups in total. The smallest absolute Gasteiger partial charge is 0.254 e. The van der Waals surface area contributed by atoms with Gasteiger partial charge in [0.2, 0.25) is 0 Å². The highest BCUT2D eigenvalue weighted by atomic mass is 35.5. The number of nitrogens with zero attached hydrogens (tertiary/aromatic N) is 1. The van der Waals surface area contributed by atoms with E-state index < -0.39 is 0 Å². The predicted octanol–water partition coefficient (Wildman–Crippen LogP) is 4.38. The molecular weight excluding hydrogens is 386 g/mol. The molecule has 3 aliphatic rings. The van der Waals surface area contributed by atoms with Gasteiger partial charge in [-0.3, -0.25) is 9.59 Å². The summed E-state index contributed by atoms with van der Waals surface area (Å²) in [7, 11) is 0. The summed E-state index contributed by atoms with van der Waals surface area (Å²) < 4.78 is 0. The Morgan fingerprint density at radius 1 is 1.21 bits per heavy atom. The highest BCUT2D eigenvalue weighted by Crippen LogP contribution is 2.30. The minimum atomic E-state index is -0.0214. The average molecular weight is 418 g/mol. The van der Waals surface area contributed by atoms with Crippen molar-refractivity contribution in [2.45, 2.75) is 76.8 Å². The fraction of sp³-hybridized carbons (Fsp3) is 0.609. The molecule has 0 spiro atoms. The second kappa shape index (κ2) is 9.29. The maximum atomic E-state index is 13.0. The highest BCUT2D eigenvalue weighted by Gasteiger charge is 2.31. The minimum Gasteiger partial charge on any atom is -0.349 e. The van der Waals surface area contributed by atoms with Crippen LogP contribution in [0.15, 0.2) is 18.2 Å². The van der Waals surface area contributed by atoms with Crippen LogP contribution in [0.4, 0.5) is 0 Å². The summed E-state index contributed by atoms with van der Waals surface area (Å²) in [6.45, 7) is 2.72. The summed E-state index contributed by atoms with van der Waals surface area (Å²) in [5.41, 5.74) is 3.15. The van der Waals surface area contributed by atoms with Crippen LogP contribution in [0.3, 0.4) is 0 Å². The van der Waals surface area contributed by atoms with Gasteiger partial charge in [-0.15, -0.1) is 12.4 Å². The maximum absolute atomic E-state index is 13.0. The second-order valence-corrected chi connectivity index (χ2v) is 8.78. The molecule has 1 aromatic rings. The molecule has 1 aliphatic heterocycles. The molecule has 29 heavy (non-hydrogen) atoms. The van der Waals surface area contributed by atoms with Crippen molar-refractivity contribution in [3.8, 4) is 0 Å². The van der Waals surface area contributed by atoms with Crippen molar-refractivity contribution < 1.29 is 9.59 Å². The topological polar surface area (TPSA) is 73.3 Å². The third kappa shape index (κ3) is 4.66. The molecule has 0 unspecified atom stereocenters. The number of benzene rings is 1. The summed E-state index contributed by atoms with van der Waals surface area (Å²) in [6.07, 6.45) is 9.46. The Labute approximate surface area is 179 Å². The molecule has 2 saturated carbocycles. The molecule has 0 saturated heterocycles. The quantitative estimate of drug-likeness (QED) is 0.674. The van der Waals surface area contributed by atoms with Crippen LogP contribution in [-0.4, -0.2) is 41.1 Å². The lowest BCUT2D eigenvalue weighted by molar-refractivity contribution is 0.0677. The lowest BCUT2D eigenvalue weighted by atomic mass is 9.79. The van der Waals surface area contributed by atoms with Crippen LogP contribution >= 0.6 is 12.4 Å². The number of hydrogen-bond donors (Lipinski definition) is 2. The van der Waals surface area contributed by atoms with Crippen LogP contribution < -0.4 is 5.32 Å². The Hall–Kier alpha value is -1.88. The fourth-order valence-electron chi connectivity index (χ4n) is 4.76. The average Bonchev–Trinajstić information content (AvgIpc) is 3.13. The van der Waals surface area contributed by atoms with Crippen molar-refractivity contribution in [1.82, 2.24) is 10.2 Å². The summed E-state index contributed by atoms with van der Waals surface area (Å²) >= 11 is 0. The van der Waals surface area contributed by atoms with E-state index in [-0.39, 0.29) is 30.3 Å². The number of hydrogen-bond acceptors (Lipinski definition) is 3. The van der Waals surface area contributed by atoms with Crippen LogP contribution in [0, 0.1) is 11.3 Å². The van der Waals surface area contributed by atoms with E-state index in [9.17, 15) is 9.59 Å². The molecule has 0 radical (unpaired) electrons. The Morgan fingerprint density at radius 3 is 2.59 bits per heavy atom. The Bertz CT molecular complexity index is 784.